The van der Waals surface area contributed by atoms with Gasteiger partial charge in [-0.1, -0.05) is 30.3 Å². The summed E-state index contributed by atoms with van der Waals surface area (Å²) in [7, 11) is 0. The number of carbonyl (C=O) groups is 2. The summed E-state index contributed by atoms with van der Waals surface area (Å²) in [5.74, 6) is -0.0276. The largest absolute Gasteiger partial charge is 0.493 e. The SMILES string of the molecule is O=C(CCOc1ccccc1)NCc1ccc(C(=O)Nc2ccc(F)cc2)cc1. The Morgan fingerprint density at radius 3 is 2.24 bits per heavy atom. The fourth-order valence-electron chi connectivity index (χ4n) is 2.58. The van der Waals surface area contributed by atoms with Crippen molar-refractivity contribution in [2.24, 2.45) is 0 Å². The average Bonchev–Trinajstić information content (AvgIpc) is 2.75. The van der Waals surface area contributed by atoms with Crippen LogP contribution in [0.3, 0.4) is 0 Å². The predicted molar refractivity (Wildman–Crippen MR) is 109 cm³/mol. The molecule has 0 heterocycles. The van der Waals surface area contributed by atoms with Crippen LogP contribution in [0.1, 0.15) is 22.3 Å². The molecule has 148 valence electrons. The van der Waals surface area contributed by atoms with E-state index >= 15 is 0 Å². The number of benzene rings is 3. The Morgan fingerprint density at radius 1 is 0.862 bits per heavy atom. The molecule has 0 saturated heterocycles. The predicted octanol–water partition coefficient (Wildman–Crippen LogP) is 4.16. The van der Waals surface area contributed by atoms with Crippen LogP contribution < -0.4 is 15.4 Å². The number of hydrogen-bond donors (Lipinski definition) is 2. The molecule has 0 bridgehead atoms. The highest BCUT2D eigenvalue weighted by Gasteiger charge is 2.07. The lowest BCUT2D eigenvalue weighted by atomic mass is 10.1. The quantitative estimate of drug-likeness (QED) is 0.605. The fourth-order valence-corrected chi connectivity index (χ4v) is 2.58. The Morgan fingerprint density at radius 2 is 1.55 bits per heavy atom. The van der Waals surface area contributed by atoms with Gasteiger partial charge >= 0.3 is 0 Å². The maximum absolute atomic E-state index is 12.9. The smallest absolute Gasteiger partial charge is 0.255 e. The number of halogens is 1. The van der Waals surface area contributed by atoms with E-state index in [1.54, 1.807) is 24.3 Å². The molecule has 2 amide bonds. The van der Waals surface area contributed by atoms with Crippen LogP contribution in [0.5, 0.6) is 5.75 Å². The topological polar surface area (TPSA) is 67.4 Å². The van der Waals surface area contributed by atoms with Crippen molar-refractivity contribution < 1.29 is 18.7 Å². The summed E-state index contributed by atoms with van der Waals surface area (Å²) in [6.45, 7) is 0.669. The van der Waals surface area contributed by atoms with E-state index in [9.17, 15) is 14.0 Å². The number of amides is 2. The van der Waals surface area contributed by atoms with Gasteiger partial charge in [0, 0.05) is 17.8 Å². The standard InChI is InChI=1S/C23H21FN2O3/c24-19-10-12-20(13-11-19)26-23(28)18-8-6-17(7-9-18)16-25-22(27)14-15-29-21-4-2-1-3-5-21/h1-13H,14-16H2,(H,25,27)(H,26,28). The Kier molecular flexibility index (Phi) is 6.95. The van der Waals surface area contributed by atoms with Crippen LogP contribution in [-0.4, -0.2) is 18.4 Å². The maximum atomic E-state index is 12.9. The third-order valence-corrected chi connectivity index (χ3v) is 4.15. The number of hydrogen-bond acceptors (Lipinski definition) is 3. The molecule has 6 heteroatoms. The third kappa shape index (κ3) is 6.46. The van der Waals surface area contributed by atoms with E-state index in [1.807, 2.05) is 30.3 Å². The molecule has 0 fully saturated rings. The van der Waals surface area contributed by atoms with Crippen LogP contribution in [0.4, 0.5) is 10.1 Å². The van der Waals surface area contributed by atoms with Gasteiger partial charge in [0.1, 0.15) is 11.6 Å². The van der Waals surface area contributed by atoms with Gasteiger partial charge in [0.05, 0.1) is 13.0 Å². The van der Waals surface area contributed by atoms with E-state index in [-0.39, 0.29) is 24.1 Å². The lowest BCUT2D eigenvalue weighted by Gasteiger charge is -2.08. The molecule has 0 unspecified atom stereocenters. The van der Waals surface area contributed by atoms with Crippen molar-refractivity contribution in [2.75, 3.05) is 11.9 Å². The number of nitrogens with one attached hydrogen (secondary N) is 2. The fraction of sp³-hybridized carbons (Fsp3) is 0.130. The van der Waals surface area contributed by atoms with Gasteiger partial charge in [-0.15, -0.1) is 0 Å². The first-order valence-corrected chi connectivity index (χ1v) is 9.20. The van der Waals surface area contributed by atoms with Crippen LogP contribution >= 0.6 is 0 Å². The van der Waals surface area contributed by atoms with Gasteiger partial charge in [0.15, 0.2) is 0 Å². The zero-order valence-electron chi connectivity index (χ0n) is 15.7. The van der Waals surface area contributed by atoms with Gasteiger partial charge in [-0.05, 0) is 54.1 Å². The second-order valence-corrected chi connectivity index (χ2v) is 6.35. The summed E-state index contributed by atoms with van der Waals surface area (Å²) in [6, 6.07) is 21.8. The lowest BCUT2D eigenvalue weighted by molar-refractivity contribution is -0.121. The molecule has 0 aliphatic rings. The summed E-state index contributed by atoms with van der Waals surface area (Å²) in [5.41, 5.74) is 1.87. The third-order valence-electron chi connectivity index (χ3n) is 4.15. The molecule has 0 spiro atoms. The van der Waals surface area contributed by atoms with E-state index in [2.05, 4.69) is 10.6 Å². The van der Waals surface area contributed by atoms with Crippen molar-refractivity contribution >= 4 is 17.5 Å². The van der Waals surface area contributed by atoms with Gasteiger partial charge in [0.2, 0.25) is 5.91 Å². The molecule has 2 N–H and O–H groups in total. The highest BCUT2D eigenvalue weighted by molar-refractivity contribution is 6.04. The molecule has 5 nitrogen and oxygen atoms in total. The van der Waals surface area contributed by atoms with E-state index < -0.39 is 0 Å². The van der Waals surface area contributed by atoms with Gasteiger partial charge < -0.3 is 15.4 Å². The number of para-hydroxylation sites is 1. The number of rotatable bonds is 8. The second-order valence-electron chi connectivity index (χ2n) is 6.35. The minimum Gasteiger partial charge on any atom is -0.493 e. The molecule has 0 radical (unpaired) electrons. The van der Waals surface area contributed by atoms with Crippen LogP contribution in [0.2, 0.25) is 0 Å². The monoisotopic (exact) mass is 392 g/mol. The molecule has 3 aromatic rings. The Bertz CT molecular complexity index is 942. The average molecular weight is 392 g/mol. The summed E-state index contributed by atoms with van der Waals surface area (Å²) in [4.78, 5) is 24.2. The van der Waals surface area contributed by atoms with E-state index in [1.165, 1.54) is 24.3 Å². The lowest BCUT2D eigenvalue weighted by Crippen LogP contribution is -2.24. The van der Waals surface area contributed by atoms with E-state index in [4.69, 9.17) is 4.74 Å². The van der Waals surface area contributed by atoms with Gasteiger partial charge in [-0.25, -0.2) is 4.39 Å². The van der Waals surface area contributed by atoms with Gasteiger partial charge in [0.25, 0.3) is 5.91 Å². The molecule has 3 rings (SSSR count). The molecule has 0 aliphatic heterocycles. The molecule has 3 aromatic carbocycles. The molecule has 29 heavy (non-hydrogen) atoms. The maximum Gasteiger partial charge on any atom is 0.255 e. The molecular weight excluding hydrogens is 371 g/mol. The Balaban J connectivity index is 1.42. The molecule has 0 atom stereocenters. The summed E-state index contributed by atoms with van der Waals surface area (Å²) >= 11 is 0. The number of carbonyl (C=O) groups excluding carboxylic acids is 2. The van der Waals surface area contributed by atoms with Crippen LogP contribution in [0.15, 0.2) is 78.9 Å². The normalized spacial score (nSPS) is 10.2. The highest BCUT2D eigenvalue weighted by Crippen LogP contribution is 2.12. The zero-order chi connectivity index (χ0) is 20.5. The van der Waals surface area contributed by atoms with Crippen LogP contribution in [0, 0.1) is 5.82 Å². The molecule has 0 aromatic heterocycles. The Labute approximate surface area is 168 Å². The first-order chi connectivity index (χ1) is 14.1. The Hall–Kier alpha value is -3.67. The van der Waals surface area contributed by atoms with Crippen LogP contribution in [0.25, 0.3) is 0 Å². The minimum absolute atomic E-state index is 0.112. The number of anilines is 1. The van der Waals surface area contributed by atoms with Gasteiger partial charge in [-0.3, -0.25) is 9.59 Å². The minimum atomic E-state index is -0.360. The second kappa shape index (κ2) is 10.0. The van der Waals surface area contributed by atoms with E-state index in [0.29, 0.717) is 24.4 Å². The number of ether oxygens (including phenoxy) is 1. The van der Waals surface area contributed by atoms with Crippen LogP contribution in [-0.2, 0) is 11.3 Å². The summed E-state index contributed by atoms with van der Waals surface area (Å²) < 4.78 is 18.4. The van der Waals surface area contributed by atoms with Crippen molar-refractivity contribution in [2.45, 2.75) is 13.0 Å². The molecule has 0 aliphatic carbocycles. The summed E-state index contributed by atoms with van der Waals surface area (Å²) in [5, 5.41) is 5.53. The highest BCUT2D eigenvalue weighted by atomic mass is 19.1. The molecule has 0 saturated carbocycles. The summed E-state index contributed by atoms with van der Waals surface area (Å²) in [6.07, 6.45) is 0.257. The van der Waals surface area contributed by atoms with E-state index in [0.717, 1.165) is 11.3 Å². The first-order valence-electron chi connectivity index (χ1n) is 9.20. The first kappa shape index (κ1) is 20.1. The van der Waals surface area contributed by atoms with Crippen molar-refractivity contribution in [3.63, 3.8) is 0 Å². The molecular formula is C23H21FN2O3. The van der Waals surface area contributed by atoms with Crippen molar-refractivity contribution in [3.05, 3.63) is 95.8 Å². The zero-order valence-corrected chi connectivity index (χ0v) is 15.7. The van der Waals surface area contributed by atoms with Crippen molar-refractivity contribution in [3.8, 4) is 5.75 Å². The van der Waals surface area contributed by atoms with Gasteiger partial charge in [-0.2, -0.15) is 0 Å². The van der Waals surface area contributed by atoms with Crippen molar-refractivity contribution in [1.82, 2.24) is 5.32 Å². The van der Waals surface area contributed by atoms with Crippen molar-refractivity contribution in [1.29, 1.82) is 0 Å².